The maximum absolute atomic E-state index is 13.3. The molecule has 2 aromatic rings. The van der Waals surface area contributed by atoms with Crippen molar-refractivity contribution in [3.8, 4) is 5.75 Å². The van der Waals surface area contributed by atoms with Gasteiger partial charge in [0, 0.05) is 18.0 Å². The van der Waals surface area contributed by atoms with Crippen molar-refractivity contribution in [2.45, 2.75) is 37.8 Å². The number of hydrogen-bond acceptors (Lipinski definition) is 2. The quantitative estimate of drug-likeness (QED) is 0.918. The van der Waals surface area contributed by atoms with Gasteiger partial charge in [0.15, 0.2) is 0 Å². The van der Waals surface area contributed by atoms with Crippen LogP contribution in [0.4, 0.5) is 4.39 Å². The lowest BCUT2D eigenvalue weighted by Gasteiger charge is -2.32. The van der Waals surface area contributed by atoms with Crippen molar-refractivity contribution in [2.24, 2.45) is 5.73 Å². The van der Waals surface area contributed by atoms with Crippen LogP contribution >= 0.6 is 0 Å². The number of benzene rings is 2. The van der Waals surface area contributed by atoms with Gasteiger partial charge in [0.25, 0.3) is 0 Å². The minimum absolute atomic E-state index is 0.0770. The van der Waals surface area contributed by atoms with E-state index in [0.717, 1.165) is 24.2 Å². The molecule has 3 atom stereocenters. The first-order valence-electron chi connectivity index (χ1n) is 7.40. The van der Waals surface area contributed by atoms with Gasteiger partial charge in [0.1, 0.15) is 17.7 Å². The highest BCUT2D eigenvalue weighted by molar-refractivity contribution is 5.38. The van der Waals surface area contributed by atoms with Crippen LogP contribution in [0.15, 0.2) is 48.5 Å². The summed E-state index contributed by atoms with van der Waals surface area (Å²) in [6.07, 6.45) is 1.72. The molecule has 0 saturated heterocycles. The molecule has 2 N–H and O–H groups in total. The summed E-state index contributed by atoms with van der Waals surface area (Å²) in [5.74, 6) is 0.870. The maximum atomic E-state index is 13.3. The Morgan fingerprint density at radius 3 is 2.76 bits per heavy atom. The van der Waals surface area contributed by atoms with E-state index in [9.17, 15) is 4.39 Å². The lowest BCUT2D eigenvalue weighted by Crippen LogP contribution is -2.30. The van der Waals surface area contributed by atoms with Crippen molar-refractivity contribution < 1.29 is 9.13 Å². The van der Waals surface area contributed by atoms with E-state index in [1.165, 1.54) is 17.7 Å². The first kappa shape index (κ1) is 14.1. The number of hydrogen-bond donors (Lipinski definition) is 1. The van der Waals surface area contributed by atoms with E-state index in [1.54, 1.807) is 6.07 Å². The summed E-state index contributed by atoms with van der Waals surface area (Å²) in [6.45, 7) is 2.20. The zero-order valence-electron chi connectivity index (χ0n) is 12.1. The molecule has 1 aliphatic heterocycles. The van der Waals surface area contributed by atoms with Crippen LogP contribution in [-0.4, -0.2) is 6.10 Å². The normalized spacial score (nSPS) is 22.2. The Morgan fingerprint density at radius 2 is 2.00 bits per heavy atom. The zero-order valence-corrected chi connectivity index (χ0v) is 12.1. The van der Waals surface area contributed by atoms with Crippen molar-refractivity contribution in [3.63, 3.8) is 0 Å². The van der Waals surface area contributed by atoms with Gasteiger partial charge in [-0.25, -0.2) is 4.39 Å². The molecule has 2 nitrogen and oxygen atoms in total. The van der Waals surface area contributed by atoms with E-state index in [1.807, 2.05) is 6.07 Å². The van der Waals surface area contributed by atoms with Crippen LogP contribution < -0.4 is 10.5 Å². The predicted octanol–water partition coefficient (Wildman–Crippen LogP) is 4.17. The van der Waals surface area contributed by atoms with Gasteiger partial charge in [0.05, 0.1) is 0 Å². The standard InChI is InChI=1S/C18H20FNO/c1-12(13-5-3-2-4-6-13)9-15-11-17(20)16-10-14(19)7-8-18(16)21-15/h2-8,10,12,15,17H,9,11,20H2,1H3. The van der Waals surface area contributed by atoms with E-state index in [-0.39, 0.29) is 18.0 Å². The summed E-state index contributed by atoms with van der Waals surface area (Å²) in [6, 6.07) is 14.8. The minimum atomic E-state index is -0.260. The number of halogens is 1. The van der Waals surface area contributed by atoms with Gasteiger partial charge in [-0.1, -0.05) is 37.3 Å². The molecule has 0 radical (unpaired) electrons. The molecule has 21 heavy (non-hydrogen) atoms. The Hall–Kier alpha value is -1.87. The van der Waals surface area contributed by atoms with E-state index in [4.69, 9.17) is 10.5 Å². The molecular formula is C18H20FNO. The van der Waals surface area contributed by atoms with Crippen molar-refractivity contribution >= 4 is 0 Å². The molecule has 0 spiro atoms. The molecule has 110 valence electrons. The van der Waals surface area contributed by atoms with E-state index >= 15 is 0 Å². The Morgan fingerprint density at radius 1 is 1.24 bits per heavy atom. The Balaban J connectivity index is 1.73. The lowest BCUT2D eigenvalue weighted by atomic mass is 9.89. The van der Waals surface area contributed by atoms with E-state index in [0.29, 0.717) is 5.92 Å². The Bertz CT molecular complexity index is 614. The average Bonchev–Trinajstić information content (AvgIpc) is 2.49. The van der Waals surface area contributed by atoms with E-state index in [2.05, 4.69) is 31.2 Å². The molecule has 0 aliphatic carbocycles. The monoisotopic (exact) mass is 285 g/mol. The van der Waals surface area contributed by atoms with Crippen molar-refractivity contribution in [1.82, 2.24) is 0 Å². The molecule has 0 bridgehead atoms. The first-order chi connectivity index (χ1) is 10.1. The number of fused-ring (bicyclic) bond motifs is 1. The number of rotatable bonds is 3. The van der Waals surface area contributed by atoms with Gasteiger partial charge >= 0.3 is 0 Å². The molecule has 3 heteroatoms. The summed E-state index contributed by atoms with van der Waals surface area (Å²) in [4.78, 5) is 0. The van der Waals surface area contributed by atoms with Gasteiger partial charge in [0.2, 0.25) is 0 Å². The molecular weight excluding hydrogens is 265 g/mol. The average molecular weight is 285 g/mol. The van der Waals surface area contributed by atoms with Crippen molar-refractivity contribution in [2.75, 3.05) is 0 Å². The summed E-state index contributed by atoms with van der Waals surface area (Å²) in [5.41, 5.74) is 8.26. The van der Waals surface area contributed by atoms with Crippen LogP contribution in [0.25, 0.3) is 0 Å². The largest absolute Gasteiger partial charge is 0.490 e. The molecule has 1 aliphatic rings. The molecule has 0 saturated carbocycles. The fraction of sp³-hybridized carbons (Fsp3) is 0.333. The third-order valence-corrected chi connectivity index (χ3v) is 4.17. The second-order valence-electron chi connectivity index (χ2n) is 5.81. The summed E-state index contributed by atoms with van der Waals surface area (Å²) < 4.78 is 19.3. The maximum Gasteiger partial charge on any atom is 0.124 e. The molecule has 3 rings (SSSR count). The van der Waals surface area contributed by atoms with E-state index < -0.39 is 0 Å². The highest BCUT2D eigenvalue weighted by Gasteiger charge is 2.27. The van der Waals surface area contributed by atoms with Gasteiger partial charge in [-0.2, -0.15) is 0 Å². The highest BCUT2D eigenvalue weighted by Crippen LogP contribution is 2.36. The summed E-state index contributed by atoms with van der Waals surface area (Å²) in [7, 11) is 0. The third-order valence-electron chi connectivity index (χ3n) is 4.17. The second kappa shape index (κ2) is 5.86. The highest BCUT2D eigenvalue weighted by atomic mass is 19.1. The van der Waals surface area contributed by atoms with Crippen LogP contribution in [0.2, 0.25) is 0 Å². The van der Waals surface area contributed by atoms with Gasteiger partial charge < -0.3 is 10.5 Å². The molecule has 2 aromatic carbocycles. The van der Waals surface area contributed by atoms with Crippen molar-refractivity contribution in [3.05, 3.63) is 65.5 Å². The van der Waals surface area contributed by atoms with Gasteiger partial charge in [-0.15, -0.1) is 0 Å². The van der Waals surface area contributed by atoms with Gasteiger partial charge in [-0.3, -0.25) is 0 Å². The zero-order chi connectivity index (χ0) is 14.8. The molecule has 0 fully saturated rings. The predicted molar refractivity (Wildman–Crippen MR) is 81.8 cm³/mol. The topological polar surface area (TPSA) is 35.2 Å². The smallest absolute Gasteiger partial charge is 0.124 e. The van der Waals surface area contributed by atoms with Crippen LogP contribution in [0.5, 0.6) is 5.75 Å². The van der Waals surface area contributed by atoms with Crippen LogP contribution in [-0.2, 0) is 0 Å². The molecule has 0 amide bonds. The molecule has 1 heterocycles. The Labute approximate surface area is 124 Å². The fourth-order valence-corrected chi connectivity index (χ4v) is 3.01. The van der Waals surface area contributed by atoms with Crippen LogP contribution in [0.3, 0.4) is 0 Å². The molecule has 3 unspecified atom stereocenters. The summed E-state index contributed by atoms with van der Waals surface area (Å²) >= 11 is 0. The van der Waals surface area contributed by atoms with Crippen LogP contribution in [0, 0.1) is 5.82 Å². The molecule has 0 aromatic heterocycles. The van der Waals surface area contributed by atoms with Crippen molar-refractivity contribution in [1.29, 1.82) is 0 Å². The first-order valence-corrected chi connectivity index (χ1v) is 7.40. The second-order valence-corrected chi connectivity index (χ2v) is 5.81. The third kappa shape index (κ3) is 3.08. The van der Waals surface area contributed by atoms with Crippen LogP contribution in [0.1, 0.15) is 42.9 Å². The minimum Gasteiger partial charge on any atom is -0.490 e. The SMILES string of the molecule is CC(CC1CC(N)c2cc(F)ccc2O1)c1ccccc1. The lowest BCUT2D eigenvalue weighted by molar-refractivity contribution is 0.143. The fourth-order valence-electron chi connectivity index (χ4n) is 3.01. The number of ether oxygens (including phenoxy) is 1. The Kier molecular flexibility index (Phi) is 3.93. The summed E-state index contributed by atoms with van der Waals surface area (Å²) in [5, 5.41) is 0. The van der Waals surface area contributed by atoms with Gasteiger partial charge in [-0.05, 0) is 36.1 Å². The number of nitrogens with two attached hydrogens (primary N) is 1.